The fourth-order valence-corrected chi connectivity index (χ4v) is 1.56. The highest BCUT2D eigenvalue weighted by Crippen LogP contribution is 2.16. The Hall–Kier alpha value is -1.69. The maximum absolute atomic E-state index is 10.9. The lowest BCUT2D eigenvalue weighted by molar-refractivity contribution is 0.0688. The van der Waals surface area contributed by atoms with E-state index in [9.17, 15) is 4.79 Å². The predicted octanol–water partition coefficient (Wildman–Crippen LogP) is -0.597. The Balaban J connectivity index is 2.58. The highest BCUT2D eigenvalue weighted by molar-refractivity contribution is 5.87. The topological polar surface area (TPSA) is 101 Å². The van der Waals surface area contributed by atoms with Gasteiger partial charge in [-0.15, -0.1) is 0 Å². The number of nitrogen functional groups attached to an aromatic ring is 1. The zero-order valence-electron chi connectivity index (χ0n) is 7.45. The zero-order chi connectivity index (χ0) is 10.1. The molecule has 0 bridgehead atoms. The minimum Gasteiger partial charge on any atom is -0.476 e. The average molecular weight is 194 g/mol. The van der Waals surface area contributed by atoms with Crippen molar-refractivity contribution in [2.75, 3.05) is 12.3 Å². The highest BCUT2D eigenvalue weighted by Gasteiger charge is 2.20. The van der Waals surface area contributed by atoms with Gasteiger partial charge in [-0.3, -0.25) is 0 Å². The largest absolute Gasteiger partial charge is 0.476 e. The van der Waals surface area contributed by atoms with Gasteiger partial charge in [-0.25, -0.2) is 14.8 Å². The van der Waals surface area contributed by atoms with Gasteiger partial charge in [0.2, 0.25) is 5.95 Å². The van der Waals surface area contributed by atoms with E-state index in [0.29, 0.717) is 24.2 Å². The number of fused-ring (bicyclic) bond motifs is 1. The molecule has 6 nitrogen and oxygen atoms in total. The molecule has 0 aliphatic carbocycles. The van der Waals surface area contributed by atoms with Crippen LogP contribution in [0.2, 0.25) is 0 Å². The monoisotopic (exact) mass is 194 g/mol. The second-order valence-electron chi connectivity index (χ2n) is 3.09. The van der Waals surface area contributed by atoms with Gasteiger partial charge in [0, 0.05) is 12.1 Å². The number of hydrogen-bond acceptors (Lipinski definition) is 5. The van der Waals surface area contributed by atoms with Crippen LogP contribution in [-0.4, -0.2) is 27.6 Å². The van der Waals surface area contributed by atoms with Crippen molar-refractivity contribution in [2.45, 2.75) is 13.0 Å². The van der Waals surface area contributed by atoms with Gasteiger partial charge >= 0.3 is 5.97 Å². The summed E-state index contributed by atoms with van der Waals surface area (Å²) in [6, 6.07) is 0. The van der Waals surface area contributed by atoms with Gasteiger partial charge in [-0.1, -0.05) is 0 Å². The van der Waals surface area contributed by atoms with Crippen LogP contribution in [-0.2, 0) is 13.0 Å². The molecule has 4 N–H and O–H groups in total. The van der Waals surface area contributed by atoms with Crippen LogP contribution in [0.3, 0.4) is 0 Å². The van der Waals surface area contributed by atoms with Crippen molar-refractivity contribution in [1.29, 1.82) is 0 Å². The molecule has 1 aliphatic rings. The number of nitrogens with zero attached hydrogens (tertiary/aromatic N) is 2. The van der Waals surface area contributed by atoms with Crippen LogP contribution in [0.5, 0.6) is 0 Å². The van der Waals surface area contributed by atoms with Gasteiger partial charge in [0.15, 0.2) is 5.69 Å². The number of carboxylic acid groups (broad SMARTS) is 1. The summed E-state index contributed by atoms with van der Waals surface area (Å²) in [6.45, 7) is 1.31. The third kappa shape index (κ3) is 1.39. The van der Waals surface area contributed by atoms with Crippen molar-refractivity contribution in [3.63, 3.8) is 0 Å². The summed E-state index contributed by atoms with van der Waals surface area (Å²) in [7, 11) is 0. The van der Waals surface area contributed by atoms with Crippen LogP contribution in [0.1, 0.15) is 21.7 Å². The molecule has 0 fully saturated rings. The Morgan fingerprint density at radius 3 is 3.00 bits per heavy atom. The summed E-state index contributed by atoms with van der Waals surface area (Å²) in [5, 5.41) is 12.0. The Kier molecular flexibility index (Phi) is 2.05. The summed E-state index contributed by atoms with van der Waals surface area (Å²) in [5.74, 6) is -1.03. The van der Waals surface area contributed by atoms with Crippen LogP contribution in [0.4, 0.5) is 5.95 Å². The van der Waals surface area contributed by atoms with Crippen molar-refractivity contribution in [3.8, 4) is 0 Å². The predicted molar refractivity (Wildman–Crippen MR) is 48.8 cm³/mol. The molecule has 0 amide bonds. The van der Waals surface area contributed by atoms with Crippen molar-refractivity contribution in [2.24, 2.45) is 0 Å². The molecule has 0 spiro atoms. The third-order valence-electron chi connectivity index (χ3n) is 2.16. The number of hydrogen-bond donors (Lipinski definition) is 3. The minimum atomic E-state index is -1.04. The molecule has 0 aromatic carbocycles. The van der Waals surface area contributed by atoms with E-state index in [1.165, 1.54) is 0 Å². The van der Waals surface area contributed by atoms with E-state index in [0.717, 1.165) is 6.54 Å². The quantitative estimate of drug-likeness (QED) is 0.552. The third-order valence-corrected chi connectivity index (χ3v) is 2.16. The van der Waals surface area contributed by atoms with Crippen molar-refractivity contribution >= 4 is 11.9 Å². The normalized spacial score (nSPS) is 14.9. The van der Waals surface area contributed by atoms with E-state index in [1.807, 2.05) is 0 Å². The summed E-state index contributed by atoms with van der Waals surface area (Å²) < 4.78 is 0. The lowest BCUT2D eigenvalue weighted by Crippen LogP contribution is -2.28. The SMILES string of the molecule is Nc1nc2c(c(C(=O)O)n1)CCNC2. The second kappa shape index (κ2) is 3.22. The van der Waals surface area contributed by atoms with E-state index in [2.05, 4.69) is 15.3 Å². The number of anilines is 1. The molecule has 0 saturated carbocycles. The number of nitrogens with two attached hydrogens (primary N) is 1. The Morgan fingerprint density at radius 1 is 1.50 bits per heavy atom. The fourth-order valence-electron chi connectivity index (χ4n) is 1.56. The van der Waals surface area contributed by atoms with Crippen molar-refractivity contribution in [3.05, 3.63) is 17.0 Å². The van der Waals surface area contributed by atoms with Gasteiger partial charge in [0.1, 0.15) is 0 Å². The molecular weight excluding hydrogens is 184 g/mol. The van der Waals surface area contributed by atoms with Crippen molar-refractivity contribution in [1.82, 2.24) is 15.3 Å². The van der Waals surface area contributed by atoms with Crippen LogP contribution in [0, 0.1) is 0 Å². The number of carbonyl (C=O) groups is 1. The lowest BCUT2D eigenvalue weighted by Gasteiger charge is -2.17. The molecule has 1 aliphatic heterocycles. The first kappa shape index (κ1) is 8.89. The Morgan fingerprint density at radius 2 is 2.29 bits per heavy atom. The molecule has 0 saturated heterocycles. The molecule has 0 unspecified atom stereocenters. The van der Waals surface area contributed by atoms with Crippen LogP contribution < -0.4 is 11.1 Å². The van der Waals surface area contributed by atoms with Gasteiger partial charge in [-0.05, 0) is 13.0 Å². The maximum Gasteiger partial charge on any atom is 0.354 e. The lowest BCUT2D eigenvalue weighted by atomic mass is 10.0. The number of aromatic nitrogens is 2. The summed E-state index contributed by atoms with van der Waals surface area (Å²) >= 11 is 0. The minimum absolute atomic E-state index is 0.0184. The van der Waals surface area contributed by atoms with Gasteiger partial charge in [-0.2, -0.15) is 0 Å². The first-order valence-corrected chi connectivity index (χ1v) is 4.28. The van der Waals surface area contributed by atoms with E-state index >= 15 is 0 Å². The van der Waals surface area contributed by atoms with Crippen LogP contribution in [0.25, 0.3) is 0 Å². The van der Waals surface area contributed by atoms with E-state index in [-0.39, 0.29) is 11.6 Å². The standard InChI is InChI=1S/C8H10N4O2/c9-8-11-5-3-10-2-1-4(5)6(12-8)7(13)14/h10H,1-3H2,(H,13,14)(H2,9,11,12). The molecule has 6 heteroatoms. The molecule has 1 aromatic rings. The first-order valence-electron chi connectivity index (χ1n) is 4.28. The summed E-state index contributed by atoms with van der Waals surface area (Å²) in [6.07, 6.45) is 0.636. The molecular formula is C8H10N4O2. The Labute approximate surface area is 80.2 Å². The molecule has 2 heterocycles. The molecule has 0 radical (unpaired) electrons. The fraction of sp³-hybridized carbons (Fsp3) is 0.375. The number of aromatic carboxylic acids is 1. The molecule has 14 heavy (non-hydrogen) atoms. The maximum atomic E-state index is 10.9. The van der Waals surface area contributed by atoms with E-state index in [1.54, 1.807) is 0 Å². The van der Waals surface area contributed by atoms with E-state index < -0.39 is 5.97 Å². The number of carboxylic acids is 1. The smallest absolute Gasteiger partial charge is 0.354 e. The van der Waals surface area contributed by atoms with Crippen molar-refractivity contribution < 1.29 is 9.90 Å². The number of rotatable bonds is 1. The Bertz CT molecular complexity index is 391. The van der Waals surface area contributed by atoms with Gasteiger partial charge in [0.25, 0.3) is 0 Å². The number of nitrogens with one attached hydrogen (secondary N) is 1. The average Bonchev–Trinajstić information content (AvgIpc) is 2.16. The highest BCUT2D eigenvalue weighted by atomic mass is 16.4. The summed E-state index contributed by atoms with van der Waals surface area (Å²) in [4.78, 5) is 18.6. The van der Waals surface area contributed by atoms with Gasteiger partial charge < -0.3 is 16.2 Å². The molecule has 2 rings (SSSR count). The molecule has 1 aromatic heterocycles. The van der Waals surface area contributed by atoms with Crippen LogP contribution >= 0.6 is 0 Å². The zero-order valence-corrected chi connectivity index (χ0v) is 7.45. The van der Waals surface area contributed by atoms with Crippen LogP contribution in [0.15, 0.2) is 0 Å². The molecule has 0 atom stereocenters. The van der Waals surface area contributed by atoms with E-state index in [4.69, 9.17) is 10.8 Å². The second-order valence-corrected chi connectivity index (χ2v) is 3.09. The van der Waals surface area contributed by atoms with Gasteiger partial charge in [0.05, 0.1) is 5.69 Å². The first-order chi connectivity index (χ1) is 6.68. The summed E-state index contributed by atoms with van der Waals surface area (Å²) in [5.41, 5.74) is 6.84. The molecule has 74 valence electrons.